The van der Waals surface area contributed by atoms with E-state index in [0.29, 0.717) is 26.2 Å². The molecule has 0 bridgehead atoms. The van der Waals surface area contributed by atoms with E-state index in [1.54, 1.807) is 0 Å². The van der Waals surface area contributed by atoms with Crippen molar-refractivity contribution in [1.82, 2.24) is 9.80 Å². The van der Waals surface area contributed by atoms with Crippen molar-refractivity contribution in [2.45, 2.75) is 43.9 Å². The lowest BCUT2D eigenvalue weighted by molar-refractivity contribution is -0.0566. The molecule has 2 aromatic carbocycles. The van der Waals surface area contributed by atoms with E-state index >= 15 is 0 Å². The summed E-state index contributed by atoms with van der Waals surface area (Å²) in [4.78, 5) is 17.5. The van der Waals surface area contributed by atoms with Crippen molar-refractivity contribution >= 4 is 5.91 Å². The average Bonchev–Trinajstić information content (AvgIpc) is 3.37. The normalized spacial score (nSPS) is 20.7. The molecule has 2 atom stereocenters. The van der Waals surface area contributed by atoms with E-state index in [2.05, 4.69) is 4.90 Å². The maximum Gasteiger partial charge on any atom is 0.254 e. The molecule has 1 heterocycles. The molecule has 0 spiro atoms. The molecule has 1 saturated heterocycles. The SMILES string of the molecule is O=C(c1ccccc1)N(CC1CN(CC(O)COc2ccccc2)CCO1)C1CCCC1. The van der Waals surface area contributed by atoms with Gasteiger partial charge in [0, 0.05) is 37.8 Å². The highest BCUT2D eigenvalue weighted by Crippen LogP contribution is 2.26. The lowest BCUT2D eigenvalue weighted by Gasteiger charge is -2.38. The van der Waals surface area contributed by atoms with Crippen LogP contribution < -0.4 is 4.74 Å². The number of aliphatic hydroxyl groups is 1. The molecule has 1 saturated carbocycles. The van der Waals surface area contributed by atoms with Gasteiger partial charge in [-0.05, 0) is 37.1 Å². The highest BCUT2D eigenvalue weighted by atomic mass is 16.5. The summed E-state index contributed by atoms with van der Waals surface area (Å²) < 4.78 is 11.7. The van der Waals surface area contributed by atoms with Gasteiger partial charge in [-0.25, -0.2) is 0 Å². The van der Waals surface area contributed by atoms with Gasteiger partial charge in [0.15, 0.2) is 0 Å². The Hall–Kier alpha value is -2.41. The molecule has 0 aromatic heterocycles. The number of hydrogen-bond donors (Lipinski definition) is 1. The smallest absolute Gasteiger partial charge is 0.254 e. The predicted octanol–water partition coefficient (Wildman–Crippen LogP) is 3.21. The standard InChI is InChI=1S/C26H34N2O4/c29-23(20-32-24-13-5-2-6-14-24)17-27-15-16-31-25(18-27)19-28(22-11-7-8-12-22)26(30)21-9-3-1-4-10-21/h1-6,9-10,13-14,22-23,25,29H,7-8,11-12,15-20H2. The van der Waals surface area contributed by atoms with Crippen molar-refractivity contribution in [2.24, 2.45) is 0 Å². The van der Waals surface area contributed by atoms with Crippen LogP contribution in [0.25, 0.3) is 0 Å². The van der Waals surface area contributed by atoms with Crippen molar-refractivity contribution in [3.05, 3.63) is 66.2 Å². The van der Waals surface area contributed by atoms with Crippen LogP contribution in [-0.2, 0) is 4.74 Å². The average molecular weight is 439 g/mol. The summed E-state index contributed by atoms with van der Waals surface area (Å²) in [7, 11) is 0. The van der Waals surface area contributed by atoms with Crippen LogP contribution in [0.4, 0.5) is 0 Å². The molecule has 1 N–H and O–H groups in total. The molecule has 6 heteroatoms. The first kappa shape index (κ1) is 22.8. The zero-order valence-corrected chi connectivity index (χ0v) is 18.6. The largest absolute Gasteiger partial charge is 0.491 e. The monoisotopic (exact) mass is 438 g/mol. The van der Waals surface area contributed by atoms with Crippen molar-refractivity contribution in [1.29, 1.82) is 0 Å². The first-order chi connectivity index (χ1) is 15.7. The van der Waals surface area contributed by atoms with E-state index < -0.39 is 6.10 Å². The van der Waals surface area contributed by atoms with Crippen LogP contribution in [0, 0.1) is 0 Å². The molecular formula is C26H34N2O4. The van der Waals surface area contributed by atoms with Crippen molar-refractivity contribution < 1.29 is 19.4 Å². The van der Waals surface area contributed by atoms with Gasteiger partial charge in [-0.1, -0.05) is 49.2 Å². The molecule has 1 aliphatic heterocycles. The lowest BCUT2D eigenvalue weighted by atomic mass is 10.1. The zero-order chi connectivity index (χ0) is 22.2. The fourth-order valence-corrected chi connectivity index (χ4v) is 4.70. The van der Waals surface area contributed by atoms with E-state index in [9.17, 15) is 9.90 Å². The summed E-state index contributed by atoms with van der Waals surface area (Å²) in [6.45, 7) is 3.46. The van der Waals surface area contributed by atoms with Gasteiger partial charge in [-0.3, -0.25) is 9.69 Å². The Morgan fingerprint density at radius 2 is 1.78 bits per heavy atom. The number of benzene rings is 2. The molecule has 6 nitrogen and oxygen atoms in total. The fraction of sp³-hybridized carbons (Fsp3) is 0.500. The Bertz CT molecular complexity index is 826. The van der Waals surface area contributed by atoms with Gasteiger partial charge < -0.3 is 19.5 Å². The maximum absolute atomic E-state index is 13.3. The third kappa shape index (κ3) is 6.31. The zero-order valence-electron chi connectivity index (χ0n) is 18.6. The Balaban J connectivity index is 1.32. The van der Waals surface area contributed by atoms with E-state index in [4.69, 9.17) is 9.47 Å². The van der Waals surface area contributed by atoms with Crippen LogP contribution in [-0.4, -0.2) is 78.5 Å². The number of β-amino-alcohol motifs (C(OH)–C–C–N with tert-alkyl or cyclic N) is 1. The Labute approximate surface area is 190 Å². The summed E-state index contributed by atoms with van der Waals surface area (Å²) >= 11 is 0. The quantitative estimate of drug-likeness (QED) is 0.651. The summed E-state index contributed by atoms with van der Waals surface area (Å²) in [5.74, 6) is 0.854. The van der Waals surface area contributed by atoms with E-state index in [1.807, 2.05) is 65.6 Å². The number of carbonyl (C=O) groups is 1. The number of rotatable bonds is 9. The first-order valence-corrected chi connectivity index (χ1v) is 11.7. The summed E-state index contributed by atoms with van der Waals surface area (Å²) in [6.07, 6.45) is 3.84. The van der Waals surface area contributed by atoms with Gasteiger partial charge in [-0.2, -0.15) is 0 Å². The molecule has 2 aliphatic rings. The van der Waals surface area contributed by atoms with Crippen LogP contribution in [0.3, 0.4) is 0 Å². The highest BCUT2D eigenvalue weighted by Gasteiger charge is 2.32. The van der Waals surface area contributed by atoms with Gasteiger partial charge >= 0.3 is 0 Å². The molecule has 1 amide bonds. The van der Waals surface area contributed by atoms with Crippen molar-refractivity contribution in [3.63, 3.8) is 0 Å². The fourth-order valence-electron chi connectivity index (χ4n) is 4.70. The second kappa shape index (κ2) is 11.5. The van der Waals surface area contributed by atoms with Crippen LogP contribution in [0.15, 0.2) is 60.7 Å². The number of nitrogens with zero attached hydrogens (tertiary/aromatic N) is 2. The number of aliphatic hydroxyl groups excluding tert-OH is 1. The van der Waals surface area contributed by atoms with Crippen LogP contribution in [0.1, 0.15) is 36.0 Å². The third-order valence-electron chi connectivity index (χ3n) is 6.32. The van der Waals surface area contributed by atoms with Crippen LogP contribution in [0.2, 0.25) is 0 Å². The molecule has 4 rings (SSSR count). The molecule has 0 radical (unpaired) electrons. The molecule has 2 unspecified atom stereocenters. The number of carbonyl (C=O) groups excluding carboxylic acids is 1. The van der Waals surface area contributed by atoms with E-state index in [0.717, 1.165) is 30.7 Å². The molecular weight excluding hydrogens is 404 g/mol. The second-order valence-corrected chi connectivity index (χ2v) is 8.79. The maximum atomic E-state index is 13.3. The topological polar surface area (TPSA) is 62.2 Å². The van der Waals surface area contributed by atoms with Gasteiger partial charge in [0.2, 0.25) is 0 Å². The minimum Gasteiger partial charge on any atom is -0.491 e. The van der Waals surface area contributed by atoms with Crippen LogP contribution >= 0.6 is 0 Å². The third-order valence-corrected chi connectivity index (χ3v) is 6.32. The number of hydrogen-bond acceptors (Lipinski definition) is 5. The van der Waals surface area contributed by atoms with E-state index in [1.165, 1.54) is 12.8 Å². The second-order valence-electron chi connectivity index (χ2n) is 8.79. The molecule has 2 fully saturated rings. The number of para-hydroxylation sites is 1. The molecule has 2 aromatic rings. The van der Waals surface area contributed by atoms with Gasteiger partial charge in [0.05, 0.1) is 12.7 Å². The Morgan fingerprint density at radius 3 is 2.50 bits per heavy atom. The van der Waals surface area contributed by atoms with Crippen LogP contribution in [0.5, 0.6) is 5.75 Å². The van der Waals surface area contributed by atoms with E-state index in [-0.39, 0.29) is 24.7 Å². The number of amides is 1. The molecule has 1 aliphatic carbocycles. The van der Waals surface area contributed by atoms with Gasteiger partial charge in [0.1, 0.15) is 18.5 Å². The predicted molar refractivity (Wildman–Crippen MR) is 124 cm³/mol. The summed E-state index contributed by atoms with van der Waals surface area (Å²) in [5, 5.41) is 10.5. The minimum absolute atomic E-state index is 0.0562. The van der Waals surface area contributed by atoms with Gasteiger partial charge in [-0.15, -0.1) is 0 Å². The Morgan fingerprint density at radius 1 is 1.09 bits per heavy atom. The minimum atomic E-state index is -0.578. The summed E-state index contributed by atoms with van der Waals surface area (Å²) in [6, 6.07) is 19.4. The number of ether oxygens (including phenoxy) is 2. The summed E-state index contributed by atoms with van der Waals surface area (Å²) in [5.41, 5.74) is 0.737. The Kier molecular flexibility index (Phi) is 8.15. The molecule has 32 heavy (non-hydrogen) atoms. The van der Waals surface area contributed by atoms with Gasteiger partial charge in [0.25, 0.3) is 5.91 Å². The molecule has 172 valence electrons. The lowest BCUT2D eigenvalue weighted by Crippen LogP contribution is -2.52. The van der Waals surface area contributed by atoms with Crippen molar-refractivity contribution in [3.8, 4) is 5.75 Å². The number of morpholine rings is 1. The van der Waals surface area contributed by atoms with Crippen molar-refractivity contribution in [2.75, 3.05) is 39.4 Å². The highest BCUT2D eigenvalue weighted by molar-refractivity contribution is 5.94. The first-order valence-electron chi connectivity index (χ1n) is 11.7.